The Kier molecular flexibility index (Phi) is 10.5. The van der Waals surface area contributed by atoms with Gasteiger partial charge in [-0.05, 0) is 73.3 Å². The number of hydrogen-bond acceptors (Lipinski definition) is 11. The maximum Gasteiger partial charge on any atom is 0.491 e. The fourth-order valence-corrected chi connectivity index (χ4v) is 9.49. The van der Waals surface area contributed by atoms with E-state index in [2.05, 4.69) is 15.4 Å². The molecule has 1 saturated heterocycles. The van der Waals surface area contributed by atoms with Crippen LogP contribution in [0.3, 0.4) is 0 Å². The molecule has 0 bridgehead atoms. The highest BCUT2D eigenvalue weighted by molar-refractivity contribution is 7.91. The summed E-state index contributed by atoms with van der Waals surface area (Å²) in [7, 11) is -5.04. The van der Waals surface area contributed by atoms with E-state index in [-0.39, 0.29) is 51.3 Å². The second kappa shape index (κ2) is 15.4. The largest absolute Gasteiger partial charge is 0.491 e. The first-order valence-electron chi connectivity index (χ1n) is 19.3. The monoisotopic (exact) mass is 807 g/mol. The highest BCUT2D eigenvalue weighted by Gasteiger charge is 2.62. The fourth-order valence-electron chi connectivity index (χ4n) is 8.12. The second-order valence-electron chi connectivity index (χ2n) is 15.6. The van der Waals surface area contributed by atoms with Gasteiger partial charge in [-0.25, -0.2) is 22.4 Å². The third-order valence-corrected chi connectivity index (χ3v) is 13.4. The van der Waals surface area contributed by atoms with Crippen LogP contribution in [0.2, 0.25) is 0 Å². The van der Waals surface area contributed by atoms with Crippen LogP contribution in [0.4, 0.5) is 14.0 Å². The molecule has 6 aliphatic rings. The Morgan fingerprint density at radius 1 is 1.05 bits per heavy atom. The minimum atomic E-state index is -3.95. The van der Waals surface area contributed by atoms with E-state index in [1.165, 1.54) is 21.9 Å². The predicted molar refractivity (Wildman–Crippen MR) is 199 cm³/mol. The molecule has 5 amide bonds. The number of rotatable bonds is 6. The van der Waals surface area contributed by atoms with Crippen LogP contribution in [0.5, 0.6) is 5.75 Å². The molecule has 8 rings (SSSR count). The van der Waals surface area contributed by atoms with E-state index in [4.69, 9.17) is 14.1 Å². The van der Waals surface area contributed by atoms with E-state index in [9.17, 15) is 41.8 Å². The summed E-state index contributed by atoms with van der Waals surface area (Å²) < 4.78 is 58.8. The molecule has 2 aromatic carbocycles. The molecule has 3 fully saturated rings. The normalized spacial score (nSPS) is 27.8. The van der Waals surface area contributed by atoms with Crippen LogP contribution in [0.1, 0.15) is 74.5 Å². The zero-order chi connectivity index (χ0) is 40.1. The van der Waals surface area contributed by atoms with Crippen molar-refractivity contribution in [3.05, 3.63) is 71.1 Å². The lowest BCUT2D eigenvalue weighted by atomic mass is 9.80. The van der Waals surface area contributed by atoms with Gasteiger partial charge >= 0.3 is 19.3 Å². The number of halogens is 1. The first-order valence-corrected chi connectivity index (χ1v) is 20.8. The molecule has 4 N–H and O–H groups in total. The topological polar surface area (TPSA) is 210 Å². The van der Waals surface area contributed by atoms with Crippen molar-refractivity contribution in [3.63, 3.8) is 0 Å². The van der Waals surface area contributed by atoms with Gasteiger partial charge in [-0.15, -0.1) is 0 Å². The summed E-state index contributed by atoms with van der Waals surface area (Å²) in [5.74, 6) is -3.07. The minimum absolute atomic E-state index is 0.0254. The minimum Gasteiger partial charge on any atom is -0.444 e. The number of carbonyl (C=O) groups is 5. The first-order chi connectivity index (χ1) is 27.3. The zero-order valence-electron chi connectivity index (χ0n) is 31.0. The van der Waals surface area contributed by atoms with Crippen molar-refractivity contribution in [2.45, 2.75) is 106 Å². The molecular weight excluding hydrogens is 764 g/mol. The van der Waals surface area contributed by atoms with Gasteiger partial charge in [0.1, 0.15) is 35.3 Å². The van der Waals surface area contributed by atoms with E-state index in [1.54, 1.807) is 30.3 Å². The number of amides is 5. The Bertz CT molecular complexity index is 2140. The van der Waals surface area contributed by atoms with Crippen LogP contribution < -0.4 is 25.6 Å². The third kappa shape index (κ3) is 8.09. The molecule has 57 heavy (non-hydrogen) atoms. The SMILES string of the molecule is O=C(N[C@H]1CCCCC/C=C\[C@@H]2C[C@@]2(C(=O)NS(=O)(=O)C2CC2)NC(=O)C2C[C@@H](OC(=O)N3Cc4cccc(F)c4C3)CN2C1=O)Oc1ccc2c(c1)COB2O. The molecule has 302 valence electrons. The Balaban J connectivity index is 1.03. The van der Waals surface area contributed by atoms with E-state index in [0.29, 0.717) is 60.7 Å². The first kappa shape index (κ1) is 38.8. The number of benzene rings is 2. The van der Waals surface area contributed by atoms with Gasteiger partial charge in [0.15, 0.2) is 0 Å². The van der Waals surface area contributed by atoms with Crippen LogP contribution >= 0.6 is 0 Å². The van der Waals surface area contributed by atoms with Crippen molar-refractivity contribution in [2.75, 3.05) is 6.54 Å². The Morgan fingerprint density at radius 3 is 2.67 bits per heavy atom. The highest BCUT2D eigenvalue weighted by Crippen LogP contribution is 2.46. The lowest BCUT2D eigenvalue weighted by molar-refractivity contribution is -0.141. The van der Waals surface area contributed by atoms with Gasteiger partial charge in [0.2, 0.25) is 21.8 Å². The number of sulfonamides is 1. The maximum atomic E-state index is 14.5. The van der Waals surface area contributed by atoms with Crippen LogP contribution in [0.25, 0.3) is 0 Å². The number of ether oxygens (including phenoxy) is 2. The van der Waals surface area contributed by atoms with Gasteiger partial charge in [0.25, 0.3) is 5.91 Å². The summed E-state index contributed by atoms with van der Waals surface area (Å²) in [4.78, 5) is 71.8. The van der Waals surface area contributed by atoms with Crippen molar-refractivity contribution >= 4 is 52.5 Å². The smallest absolute Gasteiger partial charge is 0.444 e. The number of fused-ring (bicyclic) bond motifs is 4. The molecule has 0 aromatic heterocycles. The van der Waals surface area contributed by atoms with Crippen molar-refractivity contribution in [1.82, 2.24) is 25.2 Å². The molecular formula is C38H43BFN5O11S. The number of carbonyl (C=O) groups excluding carboxylic acids is 5. The number of nitrogens with zero attached hydrogens (tertiary/aromatic N) is 2. The molecule has 4 aliphatic heterocycles. The van der Waals surface area contributed by atoms with Gasteiger partial charge in [0.05, 0.1) is 24.9 Å². The average molecular weight is 808 g/mol. The van der Waals surface area contributed by atoms with Gasteiger partial charge in [-0.3, -0.25) is 24.0 Å². The van der Waals surface area contributed by atoms with Gasteiger partial charge in [-0.2, -0.15) is 0 Å². The van der Waals surface area contributed by atoms with E-state index in [0.717, 1.165) is 0 Å². The molecule has 19 heteroatoms. The van der Waals surface area contributed by atoms with Gasteiger partial charge in [0, 0.05) is 24.4 Å². The maximum absolute atomic E-state index is 14.5. The average Bonchev–Trinajstić information content (AvgIpc) is 4.01. The quantitative estimate of drug-likeness (QED) is 0.244. The Morgan fingerprint density at radius 2 is 1.88 bits per heavy atom. The number of allylic oxidation sites excluding steroid dienone is 1. The number of nitrogens with one attached hydrogen (secondary N) is 3. The summed E-state index contributed by atoms with van der Waals surface area (Å²) >= 11 is 0. The molecule has 5 atom stereocenters. The van der Waals surface area contributed by atoms with Crippen molar-refractivity contribution in [1.29, 1.82) is 0 Å². The summed E-state index contributed by atoms with van der Waals surface area (Å²) in [6.45, 7) is -0.0378. The summed E-state index contributed by atoms with van der Waals surface area (Å²) in [5, 5.41) is 14.7. The fraction of sp³-hybridized carbons (Fsp3) is 0.500. The van der Waals surface area contributed by atoms with Gasteiger partial charge in [-0.1, -0.05) is 43.2 Å². The summed E-state index contributed by atoms with van der Waals surface area (Å²) in [6.07, 6.45) is 4.52. The molecule has 0 spiro atoms. The molecule has 2 aromatic rings. The zero-order valence-corrected chi connectivity index (χ0v) is 31.8. The predicted octanol–water partition coefficient (Wildman–Crippen LogP) is 1.63. The number of hydrogen-bond donors (Lipinski definition) is 4. The van der Waals surface area contributed by atoms with E-state index in [1.807, 2.05) is 6.08 Å². The van der Waals surface area contributed by atoms with E-state index >= 15 is 0 Å². The highest BCUT2D eigenvalue weighted by atomic mass is 32.2. The Hall–Kier alpha value is -5.01. The summed E-state index contributed by atoms with van der Waals surface area (Å²) in [5.41, 5.74) is 0.590. The lowest BCUT2D eigenvalue weighted by Crippen LogP contribution is -2.58. The van der Waals surface area contributed by atoms with Gasteiger partial charge < -0.3 is 34.7 Å². The van der Waals surface area contributed by atoms with Crippen molar-refractivity contribution < 1.29 is 55.9 Å². The Labute approximate surface area is 328 Å². The third-order valence-electron chi connectivity index (χ3n) is 11.6. The van der Waals surface area contributed by atoms with Crippen LogP contribution in [0, 0.1) is 11.7 Å². The molecule has 1 unspecified atom stereocenters. The molecule has 0 radical (unpaired) electrons. The van der Waals surface area contributed by atoms with Crippen LogP contribution in [-0.2, 0) is 53.5 Å². The summed E-state index contributed by atoms with van der Waals surface area (Å²) in [6, 6.07) is 6.73. The molecule has 2 saturated carbocycles. The second-order valence-corrected chi connectivity index (χ2v) is 17.6. The molecule has 16 nitrogen and oxygen atoms in total. The lowest BCUT2D eigenvalue weighted by Gasteiger charge is -2.29. The standard InChI is InChI=1S/C38H43BFN5O11S/c40-30-9-6-7-22-18-44(20-28(22)30)37(50)56-26-16-32-33(46)42-38(35(48)43-57(52,53)27-12-13-27)17-24(38)8-4-2-1-3-5-10-31(34(47)45(32)19-26)41-36(49)55-25-11-14-29-23(15-25)21-54-39(29)51/h4,6-9,11,14-15,24,26-27,31-32,51H,1-3,5,10,12-13,16-21H2,(H,41,49)(H,42,46)(H,43,48)/b8-4-/t24-,26-,31+,32?,38-/m1/s1. The molecule has 2 aliphatic carbocycles. The molecule has 4 heterocycles. The van der Waals surface area contributed by atoms with Crippen molar-refractivity contribution in [2.24, 2.45) is 5.92 Å². The van der Waals surface area contributed by atoms with E-state index < -0.39 is 87.8 Å². The van der Waals surface area contributed by atoms with Crippen LogP contribution in [-0.4, -0.2) is 95.8 Å². The van der Waals surface area contributed by atoms with Crippen LogP contribution in [0.15, 0.2) is 48.6 Å². The van der Waals surface area contributed by atoms with Crippen molar-refractivity contribution in [3.8, 4) is 5.75 Å².